The molecule has 1 aliphatic carbocycles. The van der Waals surface area contributed by atoms with Crippen LogP contribution in [-0.2, 0) is 4.79 Å². The molecule has 1 saturated heterocycles. The summed E-state index contributed by atoms with van der Waals surface area (Å²) in [4.78, 5) is 11.9. The van der Waals surface area contributed by atoms with Crippen LogP contribution in [0.4, 0.5) is 0 Å². The molecule has 4 nitrogen and oxygen atoms in total. The van der Waals surface area contributed by atoms with E-state index >= 15 is 0 Å². The lowest BCUT2D eigenvalue weighted by atomic mass is 9.86. The van der Waals surface area contributed by atoms with E-state index in [9.17, 15) is 9.90 Å². The van der Waals surface area contributed by atoms with E-state index in [1.807, 2.05) is 0 Å². The number of amides is 1. The van der Waals surface area contributed by atoms with Gasteiger partial charge in [0.2, 0.25) is 5.91 Å². The number of likely N-dealkylation sites (tertiary alicyclic amines) is 1. The molecule has 0 aromatic rings. The normalized spacial score (nSPS) is 32.9. The lowest BCUT2D eigenvalue weighted by Crippen LogP contribution is -2.61. The number of quaternary nitrogens is 1. The Bertz CT molecular complexity index is 275. The summed E-state index contributed by atoms with van der Waals surface area (Å²) in [5, 5.41) is 12.5. The fraction of sp³-hybridized carbons (Fsp3) is 0.923. The van der Waals surface area contributed by atoms with Gasteiger partial charge in [-0.15, -0.1) is 0 Å². The number of hydrogen-bond acceptors (Lipinski definition) is 2. The molecule has 2 fully saturated rings. The van der Waals surface area contributed by atoms with Gasteiger partial charge in [-0.1, -0.05) is 0 Å². The number of carbonyl (C=O) groups is 1. The van der Waals surface area contributed by atoms with Crippen LogP contribution in [0.3, 0.4) is 0 Å². The molecule has 1 aliphatic heterocycles. The minimum absolute atomic E-state index is 0.140. The van der Waals surface area contributed by atoms with E-state index in [1.165, 1.54) is 13.1 Å². The van der Waals surface area contributed by atoms with Crippen LogP contribution in [-0.4, -0.2) is 55.3 Å². The summed E-state index contributed by atoms with van der Waals surface area (Å²) in [5.74, 6) is 0.998. The quantitative estimate of drug-likeness (QED) is 0.701. The minimum Gasteiger partial charge on any atom is -0.393 e. The Balaban J connectivity index is 1.64. The van der Waals surface area contributed by atoms with Gasteiger partial charge in [0.05, 0.1) is 39.2 Å². The first-order valence-electron chi connectivity index (χ1n) is 6.74. The number of nitrogens with zero attached hydrogens (tertiary/aromatic N) is 1. The largest absolute Gasteiger partial charge is 0.393 e. The first-order valence-corrected chi connectivity index (χ1v) is 6.74. The fourth-order valence-electron chi connectivity index (χ4n) is 3.20. The number of aliphatic hydroxyl groups is 1. The summed E-state index contributed by atoms with van der Waals surface area (Å²) in [7, 11) is 4.45. The van der Waals surface area contributed by atoms with Gasteiger partial charge in [0.25, 0.3) is 0 Å². The van der Waals surface area contributed by atoms with E-state index in [-0.39, 0.29) is 17.9 Å². The maximum atomic E-state index is 11.9. The zero-order valence-corrected chi connectivity index (χ0v) is 11.0. The molecule has 0 spiro atoms. The Labute approximate surface area is 104 Å². The van der Waals surface area contributed by atoms with E-state index in [1.54, 1.807) is 0 Å². The van der Waals surface area contributed by atoms with E-state index in [0.29, 0.717) is 5.92 Å². The molecule has 0 radical (unpaired) electrons. The van der Waals surface area contributed by atoms with E-state index < -0.39 is 0 Å². The minimum atomic E-state index is -0.177. The summed E-state index contributed by atoms with van der Waals surface area (Å²) in [6.07, 6.45) is 3.08. The molecule has 0 atom stereocenters. The van der Waals surface area contributed by atoms with Crippen molar-refractivity contribution in [2.45, 2.75) is 31.8 Å². The Kier molecular flexibility index (Phi) is 3.73. The smallest absolute Gasteiger partial charge is 0.223 e. The van der Waals surface area contributed by atoms with Crippen LogP contribution in [0.25, 0.3) is 0 Å². The van der Waals surface area contributed by atoms with Gasteiger partial charge in [-0.3, -0.25) is 4.79 Å². The average molecular weight is 241 g/mol. The van der Waals surface area contributed by atoms with Crippen molar-refractivity contribution in [1.82, 2.24) is 5.32 Å². The van der Waals surface area contributed by atoms with Crippen molar-refractivity contribution < 1.29 is 14.4 Å². The molecular weight excluding hydrogens is 216 g/mol. The lowest BCUT2D eigenvalue weighted by molar-refractivity contribution is -0.938. The average Bonchev–Trinajstić information content (AvgIpc) is 2.24. The predicted molar refractivity (Wildman–Crippen MR) is 66.3 cm³/mol. The Morgan fingerprint density at radius 1 is 1.24 bits per heavy atom. The van der Waals surface area contributed by atoms with Crippen LogP contribution in [0.15, 0.2) is 0 Å². The zero-order valence-electron chi connectivity index (χ0n) is 11.0. The van der Waals surface area contributed by atoms with Crippen molar-refractivity contribution in [2.24, 2.45) is 11.8 Å². The van der Waals surface area contributed by atoms with Gasteiger partial charge in [-0.05, 0) is 25.7 Å². The highest BCUT2D eigenvalue weighted by molar-refractivity contribution is 5.78. The lowest BCUT2D eigenvalue weighted by Gasteiger charge is -2.44. The molecule has 98 valence electrons. The van der Waals surface area contributed by atoms with Crippen molar-refractivity contribution in [2.75, 3.05) is 33.7 Å². The van der Waals surface area contributed by atoms with Crippen LogP contribution in [0.5, 0.6) is 0 Å². The molecule has 2 rings (SSSR count). The third kappa shape index (κ3) is 3.42. The van der Waals surface area contributed by atoms with Gasteiger partial charge in [-0.25, -0.2) is 0 Å². The highest BCUT2D eigenvalue weighted by Gasteiger charge is 2.37. The van der Waals surface area contributed by atoms with E-state index in [2.05, 4.69) is 19.4 Å². The molecule has 0 aromatic heterocycles. The van der Waals surface area contributed by atoms with Gasteiger partial charge in [0, 0.05) is 12.5 Å². The second kappa shape index (κ2) is 4.94. The molecule has 17 heavy (non-hydrogen) atoms. The molecule has 1 amide bonds. The fourth-order valence-corrected chi connectivity index (χ4v) is 3.20. The number of carbonyl (C=O) groups excluding carboxylic acids is 1. The standard InChI is InChI=1S/C13H24N2O2/c1-15(2)8-10(9-15)7-14-13(17)11-3-5-12(16)6-4-11/h10-12,16H,3-9H2,1-2H3/p+1. The first-order chi connectivity index (χ1) is 7.96. The monoisotopic (exact) mass is 241 g/mol. The molecule has 4 heteroatoms. The van der Waals surface area contributed by atoms with Crippen LogP contribution < -0.4 is 5.32 Å². The number of rotatable bonds is 3. The summed E-state index contributed by atoms with van der Waals surface area (Å²) < 4.78 is 1.08. The van der Waals surface area contributed by atoms with E-state index in [4.69, 9.17) is 0 Å². The predicted octanol–water partition coefficient (Wildman–Crippen LogP) is 0.360. The Morgan fingerprint density at radius 2 is 1.82 bits per heavy atom. The van der Waals surface area contributed by atoms with Crippen LogP contribution in [0.1, 0.15) is 25.7 Å². The first kappa shape index (κ1) is 12.8. The Morgan fingerprint density at radius 3 is 2.35 bits per heavy atom. The molecule has 0 bridgehead atoms. The van der Waals surface area contributed by atoms with Gasteiger partial charge in [0.15, 0.2) is 0 Å². The van der Waals surface area contributed by atoms with Crippen molar-refractivity contribution in [1.29, 1.82) is 0 Å². The van der Waals surface area contributed by atoms with Gasteiger partial charge < -0.3 is 14.9 Å². The summed E-state index contributed by atoms with van der Waals surface area (Å²) in [6, 6.07) is 0. The highest BCUT2D eigenvalue weighted by Crippen LogP contribution is 2.25. The number of hydrogen-bond donors (Lipinski definition) is 2. The molecule has 2 N–H and O–H groups in total. The molecule has 1 saturated carbocycles. The maximum Gasteiger partial charge on any atom is 0.223 e. The highest BCUT2D eigenvalue weighted by atomic mass is 16.3. The van der Waals surface area contributed by atoms with Crippen molar-refractivity contribution in [3.05, 3.63) is 0 Å². The van der Waals surface area contributed by atoms with Gasteiger partial charge in [0.1, 0.15) is 0 Å². The number of nitrogens with one attached hydrogen (secondary N) is 1. The van der Waals surface area contributed by atoms with Crippen LogP contribution in [0.2, 0.25) is 0 Å². The molecular formula is C13H25N2O2+. The van der Waals surface area contributed by atoms with Crippen LogP contribution in [0, 0.1) is 11.8 Å². The zero-order chi connectivity index (χ0) is 12.5. The Hall–Kier alpha value is -0.610. The SMILES string of the molecule is C[N+]1(C)CC(CNC(=O)C2CCC(O)CC2)C1. The third-order valence-electron chi connectivity index (χ3n) is 4.14. The van der Waals surface area contributed by atoms with Crippen molar-refractivity contribution in [3.8, 4) is 0 Å². The summed E-state index contributed by atoms with van der Waals surface area (Å²) in [5.41, 5.74) is 0. The molecule has 1 heterocycles. The topological polar surface area (TPSA) is 49.3 Å². The van der Waals surface area contributed by atoms with Gasteiger partial charge >= 0.3 is 0 Å². The molecule has 0 unspecified atom stereocenters. The van der Waals surface area contributed by atoms with Gasteiger partial charge in [-0.2, -0.15) is 0 Å². The number of aliphatic hydroxyl groups excluding tert-OH is 1. The second-order valence-corrected chi connectivity index (χ2v) is 6.42. The summed E-state index contributed by atoms with van der Waals surface area (Å²) >= 11 is 0. The van der Waals surface area contributed by atoms with Crippen molar-refractivity contribution >= 4 is 5.91 Å². The summed E-state index contributed by atoms with van der Waals surface area (Å²) in [6.45, 7) is 3.17. The van der Waals surface area contributed by atoms with Crippen LogP contribution >= 0.6 is 0 Å². The molecule has 0 aromatic carbocycles. The maximum absolute atomic E-state index is 11.9. The third-order valence-corrected chi connectivity index (χ3v) is 4.14. The van der Waals surface area contributed by atoms with E-state index in [0.717, 1.165) is 36.7 Å². The second-order valence-electron chi connectivity index (χ2n) is 6.42. The van der Waals surface area contributed by atoms with Crippen molar-refractivity contribution in [3.63, 3.8) is 0 Å². The molecule has 2 aliphatic rings.